The largest absolute Gasteiger partial charge is 0.433 e. The van der Waals surface area contributed by atoms with Crippen molar-refractivity contribution in [3.63, 3.8) is 0 Å². The van der Waals surface area contributed by atoms with Gasteiger partial charge in [0, 0.05) is 18.8 Å². The number of halogens is 3. The predicted molar refractivity (Wildman–Crippen MR) is 71.4 cm³/mol. The summed E-state index contributed by atoms with van der Waals surface area (Å²) in [6, 6.07) is 1.97. The van der Waals surface area contributed by atoms with Crippen LogP contribution in [0.25, 0.3) is 5.82 Å². The summed E-state index contributed by atoms with van der Waals surface area (Å²) in [7, 11) is 0. The molecule has 5 nitrogen and oxygen atoms in total. The average molecular weight is 297 g/mol. The van der Waals surface area contributed by atoms with Gasteiger partial charge in [0.1, 0.15) is 23.2 Å². The van der Waals surface area contributed by atoms with E-state index in [9.17, 15) is 13.2 Å². The van der Waals surface area contributed by atoms with E-state index in [1.165, 1.54) is 17.0 Å². The van der Waals surface area contributed by atoms with Crippen LogP contribution in [-0.2, 0) is 12.6 Å². The van der Waals surface area contributed by atoms with E-state index in [4.69, 9.17) is 11.1 Å². The lowest BCUT2D eigenvalue weighted by molar-refractivity contribution is -0.141. The van der Waals surface area contributed by atoms with E-state index in [1.807, 2.05) is 6.92 Å². The highest BCUT2D eigenvalue weighted by atomic mass is 19.4. The Morgan fingerprint density at radius 2 is 2.10 bits per heavy atom. The van der Waals surface area contributed by atoms with Crippen molar-refractivity contribution >= 4 is 5.84 Å². The summed E-state index contributed by atoms with van der Waals surface area (Å²) in [5.41, 5.74) is 4.54. The third-order valence-electron chi connectivity index (χ3n) is 2.87. The van der Waals surface area contributed by atoms with Gasteiger partial charge in [-0.25, -0.2) is 9.97 Å². The number of hydrogen-bond donors (Lipinski definition) is 2. The van der Waals surface area contributed by atoms with Crippen LogP contribution < -0.4 is 5.73 Å². The number of aromatic nitrogens is 3. The van der Waals surface area contributed by atoms with Crippen molar-refractivity contribution in [1.29, 1.82) is 5.41 Å². The van der Waals surface area contributed by atoms with Crippen LogP contribution in [0.1, 0.15) is 30.4 Å². The van der Waals surface area contributed by atoms with E-state index < -0.39 is 11.9 Å². The molecule has 0 saturated carbocycles. The minimum absolute atomic E-state index is 0.0294. The highest BCUT2D eigenvalue weighted by molar-refractivity contribution is 5.97. The number of hydrogen-bond acceptors (Lipinski definition) is 3. The van der Waals surface area contributed by atoms with Gasteiger partial charge in [0.2, 0.25) is 0 Å². The molecule has 21 heavy (non-hydrogen) atoms. The lowest BCUT2D eigenvalue weighted by Crippen LogP contribution is -2.19. The van der Waals surface area contributed by atoms with Crippen LogP contribution >= 0.6 is 0 Å². The smallest absolute Gasteiger partial charge is 0.384 e. The number of alkyl halides is 3. The quantitative estimate of drug-likeness (QED) is 0.672. The lowest BCUT2D eigenvalue weighted by atomic mass is 10.2. The summed E-state index contributed by atoms with van der Waals surface area (Å²) < 4.78 is 39.9. The number of nitrogens with one attached hydrogen (secondary N) is 1. The fourth-order valence-corrected chi connectivity index (χ4v) is 1.94. The third-order valence-corrected chi connectivity index (χ3v) is 2.87. The van der Waals surface area contributed by atoms with Gasteiger partial charge in [0.25, 0.3) is 0 Å². The molecule has 112 valence electrons. The van der Waals surface area contributed by atoms with Gasteiger partial charge in [-0.05, 0) is 18.6 Å². The summed E-state index contributed by atoms with van der Waals surface area (Å²) in [6.45, 7) is 1.93. The second-order valence-electron chi connectivity index (χ2n) is 4.44. The summed E-state index contributed by atoms with van der Waals surface area (Å²) in [4.78, 5) is 7.73. The SMILES string of the molecule is CCCc1nccn1-c1nc(C(F)(F)F)ccc1C(=N)N. The topological polar surface area (TPSA) is 80.6 Å². The molecular weight excluding hydrogens is 283 g/mol. The maximum atomic E-state index is 12.8. The molecule has 0 atom stereocenters. The van der Waals surface area contributed by atoms with E-state index in [0.29, 0.717) is 12.2 Å². The molecule has 0 aliphatic rings. The molecule has 3 N–H and O–H groups in total. The van der Waals surface area contributed by atoms with Crippen LogP contribution in [0.15, 0.2) is 24.5 Å². The van der Waals surface area contributed by atoms with Crippen molar-refractivity contribution in [1.82, 2.24) is 14.5 Å². The number of nitrogen functional groups attached to an aromatic ring is 1. The number of aryl methyl sites for hydroxylation is 1. The Kier molecular flexibility index (Phi) is 3.97. The molecule has 0 fully saturated rings. The van der Waals surface area contributed by atoms with Crippen LogP contribution in [0.5, 0.6) is 0 Å². The molecule has 0 unspecified atom stereocenters. The number of nitrogens with two attached hydrogens (primary N) is 1. The molecular formula is C13H14F3N5. The van der Waals surface area contributed by atoms with E-state index in [-0.39, 0.29) is 17.2 Å². The maximum absolute atomic E-state index is 12.8. The summed E-state index contributed by atoms with van der Waals surface area (Å²) in [5, 5.41) is 7.50. The van der Waals surface area contributed by atoms with Crippen LogP contribution in [0.4, 0.5) is 13.2 Å². The van der Waals surface area contributed by atoms with Gasteiger partial charge in [0.05, 0.1) is 5.56 Å². The fourth-order valence-electron chi connectivity index (χ4n) is 1.94. The first-order valence-electron chi connectivity index (χ1n) is 6.29. The zero-order valence-electron chi connectivity index (χ0n) is 11.3. The minimum atomic E-state index is -4.56. The van der Waals surface area contributed by atoms with E-state index in [1.54, 1.807) is 0 Å². The predicted octanol–water partition coefficient (Wildman–Crippen LogP) is 2.52. The first kappa shape index (κ1) is 15.0. The van der Waals surface area contributed by atoms with E-state index in [0.717, 1.165) is 18.6 Å². The normalized spacial score (nSPS) is 11.6. The van der Waals surface area contributed by atoms with Crippen molar-refractivity contribution in [3.05, 3.63) is 41.6 Å². The molecule has 0 amide bonds. The monoisotopic (exact) mass is 297 g/mol. The van der Waals surface area contributed by atoms with Crippen molar-refractivity contribution in [3.8, 4) is 5.82 Å². The Hall–Kier alpha value is -2.38. The Labute approximate surface area is 119 Å². The molecule has 2 rings (SSSR count). The Morgan fingerprint density at radius 1 is 1.38 bits per heavy atom. The molecule has 0 bridgehead atoms. The number of imidazole rings is 1. The van der Waals surface area contributed by atoms with Gasteiger partial charge < -0.3 is 5.73 Å². The molecule has 0 aliphatic heterocycles. The van der Waals surface area contributed by atoms with Crippen LogP contribution in [0.3, 0.4) is 0 Å². The van der Waals surface area contributed by atoms with Gasteiger partial charge in [-0.15, -0.1) is 0 Å². The fraction of sp³-hybridized carbons (Fsp3) is 0.308. The molecule has 2 heterocycles. The zero-order valence-corrected chi connectivity index (χ0v) is 11.3. The number of pyridine rings is 1. The second-order valence-corrected chi connectivity index (χ2v) is 4.44. The number of nitrogens with zero attached hydrogens (tertiary/aromatic N) is 3. The van der Waals surface area contributed by atoms with Crippen molar-refractivity contribution in [2.45, 2.75) is 25.9 Å². The number of rotatable bonds is 4. The standard InChI is InChI=1S/C13H14F3N5/c1-2-3-10-19-6-7-21(10)12-8(11(17)18)4-5-9(20-12)13(14,15)16/h4-7H,2-3H2,1H3,(H3,17,18). The first-order valence-corrected chi connectivity index (χ1v) is 6.29. The van der Waals surface area contributed by atoms with Crippen molar-refractivity contribution in [2.24, 2.45) is 5.73 Å². The molecule has 2 aromatic rings. The molecule has 0 radical (unpaired) electrons. The van der Waals surface area contributed by atoms with Gasteiger partial charge in [-0.3, -0.25) is 9.98 Å². The van der Waals surface area contributed by atoms with Crippen LogP contribution in [-0.4, -0.2) is 20.4 Å². The molecule has 0 spiro atoms. The molecule has 0 saturated heterocycles. The minimum Gasteiger partial charge on any atom is -0.384 e. The lowest BCUT2D eigenvalue weighted by Gasteiger charge is -2.14. The Bertz CT molecular complexity index is 660. The molecule has 2 aromatic heterocycles. The van der Waals surface area contributed by atoms with Crippen molar-refractivity contribution in [2.75, 3.05) is 0 Å². The van der Waals surface area contributed by atoms with Gasteiger partial charge in [0.15, 0.2) is 0 Å². The summed E-state index contributed by atoms with van der Waals surface area (Å²) in [5.74, 6) is 0.201. The molecule has 8 heteroatoms. The molecule has 0 aromatic carbocycles. The van der Waals surface area contributed by atoms with Crippen LogP contribution in [0, 0.1) is 5.41 Å². The van der Waals surface area contributed by atoms with E-state index >= 15 is 0 Å². The van der Waals surface area contributed by atoms with Gasteiger partial charge >= 0.3 is 6.18 Å². The Morgan fingerprint density at radius 3 is 2.67 bits per heavy atom. The van der Waals surface area contributed by atoms with E-state index in [2.05, 4.69) is 9.97 Å². The number of amidine groups is 1. The van der Waals surface area contributed by atoms with Gasteiger partial charge in [-0.1, -0.05) is 6.92 Å². The third kappa shape index (κ3) is 3.04. The summed E-state index contributed by atoms with van der Waals surface area (Å²) >= 11 is 0. The highest BCUT2D eigenvalue weighted by Crippen LogP contribution is 2.29. The van der Waals surface area contributed by atoms with Gasteiger partial charge in [-0.2, -0.15) is 13.2 Å². The summed E-state index contributed by atoms with van der Waals surface area (Å²) in [6.07, 6.45) is -0.194. The highest BCUT2D eigenvalue weighted by Gasteiger charge is 2.33. The van der Waals surface area contributed by atoms with Crippen LogP contribution in [0.2, 0.25) is 0 Å². The molecule has 0 aliphatic carbocycles. The second kappa shape index (κ2) is 5.55. The Balaban J connectivity index is 2.63. The zero-order chi connectivity index (χ0) is 15.6. The van der Waals surface area contributed by atoms with Crippen molar-refractivity contribution < 1.29 is 13.2 Å². The average Bonchev–Trinajstić information content (AvgIpc) is 2.85. The maximum Gasteiger partial charge on any atom is 0.433 e. The first-order chi connectivity index (χ1) is 9.84.